The normalized spacial score (nSPS) is 19.1. The molecular formula is C25H30N2O2. The van der Waals surface area contributed by atoms with Gasteiger partial charge in [-0.05, 0) is 55.5 Å². The molecule has 1 atom stereocenters. The first kappa shape index (κ1) is 21.0. The fraction of sp³-hybridized carbons (Fsp3) is 0.400. The number of benzene rings is 1. The van der Waals surface area contributed by atoms with Crippen molar-refractivity contribution in [3.05, 3.63) is 65.3 Å². The molecule has 1 aromatic carbocycles. The summed E-state index contributed by atoms with van der Waals surface area (Å²) in [5.74, 6) is -0.294. The van der Waals surface area contributed by atoms with Gasteiger partial charge in [-0.1, -0.05) is 45.2 Å². The van der Waals surface area contributed by atoms with Gasteiger partial charge in [-0.15, -0.1) is 0 Å². The van der Waals surface area contributed by atoms with Crippen LogP contribution in [0.2, 0.25) is 0 Å². The summed E-state index contributed by atoms with van der Waals surface area (Å²) in [4.78, 5) is 30.0. The minimum Gasteiger partial charge on any atom is -0.306 e. The van der Waals surface area contributed by atoms with E-state index < -0.39 is 0 Å². The summed E-state index contributed by atoms with van der Waals surface area (Å²) in [6, 6.07) is 8.19. The number of unbranched alkanes of at least 4 members (excludes halogenated alkanes) is 3. The van der Waals surface area contributed by atoms with E-state index in [2.05, 4.69) is 24.0 Å². The Bertz CT molecular complexity index is 947. The maximum atomic E-state index is 13.2. The van der Waals surface area contributed by atoms with Gasteiger partial charge in [0, 0.05) is 35.1 Å². The van der Waals surface area contributed by atoms with Gasteiger partial charge in [0.25, 0.3) is 0 Å². The number of ketones is 2. The summed E-state index contributed by atoms with van der Waals surface area (Å²) in [5.41, 5.74) is 4.95. The fourth-order valence-electron chi connectivity index (χ4n) is 4.02. The largest absolute Gasteiger partial charge is 0.306 e. The Kier molecular flexibility index (Phi) is 6.63. The molecule has 1 unspecified atom stereocenters. The second-order valence-corrected chi connectivity index (χ2v) is 7.88. The molecule has 1 heterocycles. The summed E-state index contributed by atoms with van der Waals surface area (Å²) in [6.45, 7) is 7.61. The molecule has 29 heavy (non-hydrogen) atoms. The SMILES string of the molecule is CCCCCC/C(=C1/C(=O)C(C)=C(C)C(=O)C1C)c1ccc(-n2ccnc2)cc1. The highest BCUT2D eigenvalue weighted by Gasteiger charge is 2.34. The van der Waals surface area contributed by atoms with Crippen molar-refractivity contribution in [1.29, 1.82) is 0 Å². The molecular weight excluding hydrogens is 360 g/mol. The third kappa shape index (κ3) is 4.31. The van der Waals surface area contributed by atoms with Gasteiger partial charge < -0.3 is 4.57 Å². The van der Waals surface area contributed by atoms with Crippen molar-refractivity contribution in [3.63, 3.8) is 0 Å². The maximum Gasteiger partial charge on any atom is 0.186 e. The lowest BCUT2D eigenvalue weighted by Crippen LogP contribution is -2.29. The van der Waals surface area contributed by atoms with Crippen LogP contribution in [0.1, 0.15) is 65.4 Å². The van der Waals surface area contributed by atoms with Crippen LogP contribution < -0.4 is 0 Å². The van der Waals surface area contributed by atoms with Crippen LogP contribution in [0.4, 0.5) is 0 Å². The number of carbonyl (C=O) groups excluding carboxylic acids is 2. The zero-order valence-corrected chi connectivity index (χ0v) is 17.9. The lowest BCUT2D eigenvalue weighted by atomic mass is 9.76. The molecule has 1 aliphatic carbocycles. The van der Waals surface area contributed by atoms with Gasteiger partial charge >= 0.3 is 0 Å². The Morgan fingerprint density at radius 2 is 1.76 bits per heavy atom. The van der Waals surface area contributed by atoms with Gasteiger partial charge in [-0.3, -0.25) is 9.59 Å². The van der Waals surface area contributed by atoms with Crippen molar-refractivity contribution >= 4 is 17.1 Å². The van der Waals surface area contributed by atoms with Gasteiger partial charge in [0.05, 0.1) is 6.33 Å². The molecule has 1 aliphatic rings. The Morgan fingerprint density at radius 1 is 1.03 bits per heavy atom. The predicted octanol–water partition coefficient (Wildman–Crippen LogP) is 5.72. The van der Waals surface area contributed by atoms with Crippen LogP contribution in [0.15, 0.2) is 59.7 Å². The quantitative estimate of drug-likeness (QED) is 0.449. The van der Waals surface area contributed by atoms with Crippen LogP contribution in [0.5, 0.6) is 0 Å². The highest BCUT2D eigenvalue weighted by Crippen LogP contribution is 2.36. The lowest BCUT2D eigenvalue weighted by molar-refractivity contribution is -0.122. The van der Waals surface area contributed by atoms with Crippen LogP contribution in [0.25, 0.3) is 11.3 Å². The highest BCUT2D eigenvalue weighted by molar-refractivity contribution is 6.23. The molecule has 0 aliphatic heterocycles. The van der Waals surface area contributed by atoms with Crippen molar-refractivity contribution in [1.82, 2.24) is 9.55 Å². The highest BCUT2D eigenvalue weighted by atomic mass is 16.1. The second kappa shape index (κ2) is 9.17. The van der Waals surface area contributed by atoms with Gasteiger partial charge in [0.1, 0.15) is 0 Å². The molecule has 3 rings (SSSR count). The second-order valence-electron chi connectivity index (χ2n) is 7.88. The van der Waals surface area contributed by atoms with Crippen LogP contribution in [0.3, 0.4) is 0 Å². The van der Waals surface area contributed by atoms with Gasteiger partial charge in [0.2, 0.25) is 0 Å². The predicted molar refractivity (Wildman–Crippen MR) is 117 cm³/mol. The summed E-state index contributed by atoms with van der Waals surface area (Å²) in [5, 5.41) is 0. The molecule has 0 saturated carbocycles. The first-order chi connectivity index (χ1) is 14.0. The average molecular weight is 391 g/mol. The lowest BCUT2D eigenvalue weighted by Gasteiger charge is -2.26. The molecule has 4 heteroatoms. The van der Waals surface area contributed by atoms with Crippen LogP contribution in [-0.4, -0.2) is 21.1 Å². The van der Waals surface area contributed by atoms with Crippen molar-refractivity contribution in [3.8, 4) is 5.69 Å². The summed E-state index contributed by atoms with van der Waals surface area (Å²) in [7, 11) is 0. The van der Waals surface area contributed by atoms with E-state index in [-0.39, 0.29) is 17.5 Å². The topological polar surface area (TPSA) is 52.0 Å². The van der Waals surface area contributed by atoms with E-state index in [4.69, 9.17) is 0 Å². The van der Waals surface area contributed by atoms with Crippen molar-refractivity contribution < 1.29 is 9.59 Å². The molecule has 0 N–H and O–H groups in total. The molecule has 0 spiro atoms. The van der Waals surface area contributed by atoms with Crippen molar-refractivity contribution in [2.75, 3.05) is 0 Å². The first-order valence-electron chi connectivity index (χ1n) is 10.5. The Balaban J connectivity index is 2.03. The van der Waals surface area contributed by atoms with Gasteiger partial charge in [-0.25, -0.2) is 4.98 Å². The number of hydrogen-bond acceptors (Lipinski definition) is 3. The summed E-state index contributed by atoms with van der Waals surface area (Å²) >= 11 is 0. The smallest absolute Gasteiger partial charge is 0.186 e. The summed E-state index contributed by atoms with van der Waals surface area (Å²) < 4.78 is 1.95. The zero-order chi connectivity index (χ0) is 21.0. The fourth-order valence-corrected chi connectivity index (χ4v) is 4.02. The molecule has 0 radical (unpaired) electrons. The number of nitrogens with zero attached hydrogens (tertiary/aromatic N) is 2. The number of carbonyl (C=O) groups is 2. The average Bonchev–Trinajstić information content (AvgIpc) is 3.27. The number of Topliss-reactive ketones (excluding diaryl/α,β-unsaturated/α-hetero) is 2. The summed E-state index contributed by atoms with van der Waals surface area (Å²) in [6.07, 6.45) is 10.7. The minimum atomic E-state index is -0.388. The third-order valence-electron chi connectivity index (χ3n) is 5.97. The Morgan fingerprint density at radius 3 is 2.38 bits per heavy atom. The first-order valence-corrected chi connectivity index (χ1v) is 10.5. The van der Waals surface area contributed by atoms with Crippen LogP contribution in [-0.2, 0) is 9.59 Å². The molecule has 152 valence electrons. The van der Waals surface area contributed by atoms with E-state index >= 15 is 0 Å². The minimum absolute atomic E-state index is 0.0266. The van der Waals surface area contributed by atoms with E-state index in [0.717, 1.165) is 36.1 Å². The zero-order valence-electron chi connectivity index (χ0n) is 17.9. The van der Waals surface area contributed by atoms with Gasteiger partial charge in [-0.2, -0.15) is 0 Å². The van der Waals surface area contributed by atoms with E-state index in [1.54, 1.807) is 26.4 Å². The molecule has 0 saturated heterocycles. The van der Waals surface area contributed by atoms with Crippen molar-refractivity contribution in [2.45, 2.75) is 59.8 Å². The number of rotatable bonds is 7. The van der Waals surface area contributed by atoms with E-state index in [0.29, 0.717) is 16.7 Å². The third-order valence-corrected chi connectivity index (χ3v) is 5.97. The van der Waals surface area contributed by atoms with E-state index in [1.165, 1.54) is 12.8 Å². The van der Waals surface area contributed by atoms with Crippen LogP contribution in [0, 0.1) is 5.92 Å². The molecule has 4 nitrogen and oxygen atoms in total. The Labute approximate surface area is 173 Å². The molecule has 2 aromatic rings. The number of allylic oxidation sites excluding steroid dienone is 4. The number of hydrogen-bond donors (Lipinski definition) is 0. The van der Waals surface area contributed by atoms with Gasteiger partial charge in [0.15, 0.2) is 11.6 Å². The molecule has 0 bridgehead atoms. The standard InChI is InChI=1S/C25H30N2O2/c1-5-6-7-8-9-22(23-19(4)24(28)17(2)18(3)25(23)29)20-10-12-21(13-11-20)27-15-14-26-16-27/h10-16,19H,5-9H2,1-4H3/b23-22-. The molecule has 1 aromatic heterocycles. The number of imidazole rings is 1. The van der Waals surface area contributed by atoms with Crippen LogP contribution >= 0.6 is 0 Å². The monoisotopic (exact) mass is 390 g/mol. The number of aromatic nitrogens is 2. The van der Waals surface area contributed by atoms with Crippen molar-refractivity contribution in [2.24, 2.45) is 5.92 Å². The van der Waals surface area contributed by atoms with E-state index in [1.807, 2.05) is 29.8 Å². The maximum absolute atomic E-state index is 13.2. The Hall–Kier alpha value is -2.75. The molecule has 0 amide bonds. The van der Waals surface area contributed by atoms with E-state index in [9.17, 15) is 9.59 Å². The molecule has 0 fully saturated rings.